The van der Waals surface area contributed by atoms with Crippen molar-refractivity contribution in [1.29, 1.82) is 0 Å². The Labute approximate surface area is 189 Å². The predicted molar refractivity (Wildman–Crippen MR) is 127 cm³/mol. The molecule has 0 radical (unpaired) electrons. The van der Waals surface area contributed by atoms with Crippen LogP contribution in [0.4, 0.5) is 5.69 Å². The third-order valence-corrected chi connectivity index (χ3v) is 6.15. The molecule has 0 aromatic heterocycles. The van der Waals surface area contributed by atoms with Crippen molar-refractivity contribution in [2.45, 2.75) is 26.0 Å². The summed E-state index contributed by atoms with van der Waals surface area (Å²) in [5, 5.41) is 2.94. The summed E-state index contributed by atoms with van der Waals surface area (Å²) in [5.41, 5.74) is 2.42. The lowest BCUT2D eigenvalue weighted by Crippen LogP contribution is -2.41. The maximum absolute atomic E-state index is 12.7. The number of hydrogen-bond donors (Lipinski definition) is 1. The first-order chi connectivity index (χ1) is 15.4. The van der Waals surface area contributed by atoms with E-state index in [-0.39, 0.29) is 18.5 Å². The van der Waals surface area contributed by atoms with E-state index in [2.05, 4.69) is 5.32 Å². The Morgan fingerprint density at radius 2 is 1.53 bits per heavy atom. The quantitative estimate of drug-likeness (QED) is 0.498. The fourth-order valence-corrected chi connectivity index (χ4v) is 4.18. The lowest BCUT2D eigenvalue weighted by molar-refractivity contribution is -0.120. The van der Waals surface area contributed by atoms with Crippen molar-refractivity contribution in [3.05, 3.63) is 96.1 Å². The van der Waals surface area contributed by atoms with Crippen LogP contribution in [0.1, 0.15) is 30.5 Å². The predicted octanol–water partition coefficient (Wildman–Crippen LogP) is 4.30. The lowest BCUT2D eigenvalue weighted by Gasteiger charge is -2.24. The number of nitrogens with zero attached hydrogens (tertiary/aromatic N) is 1. The number of sulfonamides is 1. The Bertz CT molecular complexity index is 1100. The molecule has 0 spiro atoms. The molecule has 0 bridgehead atoms. The molecule has 0 saturated heterocycles. The van der Waals surface area contributed by atoms with E-state index in [1.165, 1.54) is 0 Å². The molecule has 0 aliphatic heterocycles. The molecule has 1 amide bonds. The van der Waals surface area contributed by atoms with E-state index in [1.54, 1.807) is 24.3 Å². The van der Waals surface area contributed by atoms with Gasteiger partial charge in [0, 0.05) is 0 Å². The fourth-order valence-electron chi connectivity index (χ4n) is 3.33. The van der Waals surface area contributed by atoms with E-state index in [0.717, 1.165) is 21.7 Å². The Hall–Kier alpha value is -3.32. The van der Waals surface area contributed by atoms with Gasteiger partial charge in [0.15, 0.2) is 0 Å². The van der Waals surface area contributed by atoms with E-state index < -0.39 is 10.0 Å². The van der Waals surface area contributed by atoms with Crippen molar-refractivity contribution in [2.24, 2.45) is 0 Å². The standard InChI is InChI=1S/C25H28N2O4S/c1-3-24(21-12-8-5-9-13-21)26-25(28)18-27(32(2,29)30)22-14-16-23(17-15-22)31-19-20-10-6-4-7-11-20/h4-17,24H,3,18-19H2,1-2H3,(H,26,28). The Morgan fingerprint density at radius 3 is 2.09 bits per heavy atom. The number of hydrogen-bond acceptors (Lipinski definition) is 4. The molecular weight excluding hydrogens is 424 g/mol. The van der Waals surface area contributed by atoms with Crippen LogP contribution in [-0.4, -0.2) is 27.1 Å². The lowest BCUT2D eigenvalue weighted by atomic mass is 10.0. The number of rotatable bonds is 10. The fraction of sp³-hybridized carbons (Fsp3) is 0.240. The van der Waals surface area contributed by atoms with Gasteiger partial charge in [-0.15, -0.1) is 0 Å². The number of benzene rings is 3. The summed E-state index contributed by atoms with van der Waals surface area (Å²) < 4.78 is 31.7. The third kappa shape index (κ3) is 6.59. The van der Waals surface area contributed by atoms with Crippen LogP contribution in [0.3, 0.4) is 0 Å². The van der Waals surface area contributed by atoms with Crippen LogP contribution in [0.5, 0.6) is 5.75 Å². The highest BCUT2D eigenvalue weighted by atomic mass is 32.2. The molecule has 3 rings (SSSR count). The summed E-state index contributed by atoms with van der Waals surface area (Å²) in [7, 11) is -3.66. The van der Waals surface area contributed by atoms with Gasteiger partial charge in [-0.3, -0.25) is 9.10 Å². The number of carbonyl (C=O) groups excluding carboxylic acids is 1. The number of ether oxygens (including phenoxy) is 1. The van der Waals surface area contributed by atoms with E-state index in [4.69, 9.17) is 4.74 Å². The zero-order chi connectivity index (χ0) is 23.0. The van der Waals surface area contributed by atoms with E-state index in [0.29, 0.717) is 24.5 Å². The first-order valence-corrected chi connectivity index (χ1v) is 12.3. The molecule has 1 N–H and O–H groups in total. The minimum absolute atomic E-state index is 0.182. The number of amides is 1. The molecule has 3 aromatic carbocycles. The smallest absolute Gasteiger partial charge is 0.241 e. The molecule has 0 aliphatic rings. The second-order valence-corrected chi connectivity index (χ2v) is 9.38. The van der Waals surface area contributed by atoms with E-state index in [9.17, 15) is 13.2 Å². The number of nitrogens with one attached hydrogen (secondary N) is 1. The molecule has 1 atom stereocenters. The van der Waals surface area contributed by atoms with Gasteiger partial charge in [-0.2, -0.15) is 0 Å². The highest BCUT2D eigenvalue weighted by molar-refractivity contribution is 7.92. The maximum atomic E-state index is 12.7. The zero-order valence-electron chi connectivity index (χ0n) is 18.3. The molecule has 6 nitrogen and oxygen atoms in total. The monoisotopic (exact) mass is 452 g/mol. The Morgan fingerprint density at radius 1 is 0.938 bits per heavy atom. The van der Waals surface area contributed by atoms with Gasteiger partial charge >= 0.3 is 0 Å². The third-order valence-electron chi connectivity index (χ3n) is 5.01. The largest absolute Gasteiger partial charge is 0.489 e. The Kier molecular flexibility index (Phi) is 7.89. The first kappa shape index (κ1) is 23.3. The molecule has 1 unspecified atom stereocenters. The van der Waals surface area contributed by atoms with Gasteiger partial charge in [0.1, 0.15) is 18.9 Å². The van der Waals surface area contributed by atoms with Gasteiger partial charge in [-0.25, -0.2) is 8.42 Å². The minimum atomic E-state index is -3.66. The van der Waals surface area contributed by atoms with Crippen LogP contribution in [0.2, 0.25) is 0 Å². The van der Waals surface area contributed by atoms with E-state index in [1.807, 2.05) is 67.6 Å². The van der Waals surface area contributed by atoms with Crippen LogP contribution in [0.25, 0.3) is 0 Å². The van der Waals surface area contributed by atoms with E-state index >= 15 is 0 Å². The topological polar surface area (TPSA) is 75.7 Å². The normalized spacial score (nSPS) is 12.1. The summed E-state index contributed by atoms with van der Waals surface area (Å²) in [4.78, 5) is 12.7. The van der Waals surface area contributed by atoms with Crippen LogP contribution < -0.4 is 14.4 Å². The summed E-state index contributed by atoms with van der Waals surface area (Å²) in [6.07, 6.45) is 1.79. The van der Waals surface area contributed by atoms with Crippen molar-refractivity contribution in [3.63, 3.8) is 0 Å². The van der Waals surface area contributed by atoms with Crippen molar-refractivity contribution in [3.8, 4) is 5.75 Å². The highest BCUT2D eigenvalue weighted by Gasteiger charge is 2.22. The van der Waals surface area contributed by atoms with Gasteiger partial charge < -0.3 is 10.1 Å². The molecule has 0 saturated carbocycles. The highest BCUT2D eigenvalue weighted by Crippen LogP contribution is 2.23. The van der Waals surface area contributed by atoms with Crippen LogP contribution in [0, 0.1) is 0 Å². The molecule has 168 valence electrons. The number of carbonyl (C=O) groups is 1. The van der Waals surface area contributed by atoms with Crippen molar-refractivity contribution in [2.75, 3.05) is 17.1 Å². The van der Waals surface area contributed by atoms with Crippen molar-refractivity contribution in [1.82, 2.24) is 5.32 Å². The molecule has 0 fully saturated rings. The van der Waals surface area contributed by atoms with Crippen molar-refractivity contribution < 1.29 is 17.9 Å². The molecule has 3 aromatic rings. The SMILES string of the molecule is CCC(NC(=O)CN(c1ccc(OCc2ccccc2)cc1)S(C)(=O)=O)c1ccccc1. The minimum Gasteiger partial charge on any atom is -0.489 e. The summed E-state index contributed by atoms with van der Waals surface area (Å²) in [6, 6.07) is 25.9. The second-order valence-electron chi connectivity index (χ2n) is 7.48. The van der Waals surface area contributed by atoms with Crippen LogP contribution >= 0.6 is 0 Å². The molecular formula is C25H28N2O4S. The van der Waals surface area contributed by atoms with Gasteiger partial charge in [-0.05, 0) is 41.8 Å². The van der Waals surface area contributed by atoms with Gasteiger partial charge in [0.2, 0.25) is 15.9 Å². The molecule has 32 heavy (non-hydrogen) atoms. The summed E-state index contributed by atoms with van der Waals surface area (Å²) >= 11 is 0. The average Bonchev–Trinajstić information content (AvgIpc) is 2.80. The van der Waals surface area contributed by atoms with Gasteiger partial charge in [0.05, 0.1) is 18.0 Å². The van der Waals surface area contributed by atoms with Gasteiger partial charge in [0.25, 0.3) is 0 Å². The van der Waals surface area contributed by atoms with Gasteiger partial charge in [-0.1, -0.05) is 67.6 Å². The zero-order valence-corrected chi connectivity index (χ0v) is 19.1. The summed E-state index contributed by atoms with van der Waals surface area (Å²) in [6.45, 7) is 2.09. The first-order valence-electron chi connectivity index (χ1n) is 10.5. The summed E-state index contributed by atoms with van der Waals surface area (Å²) in [5.74, 6) is 0.251. The van der Waals surface area contributed by atoms with Crippen molar-refractivity contribution >= 4 is 21.6 Å². The number of anilines is 1. The molecule has 0 aliphatic carbocycles. The van der Waals surface area contributed by atoms with Crippen LogP contribution in [0.15, 0.2) is 84.9 Å². The average molecular weight is 453 g/mol. The van der Waals surface area contributed by atoms with Crippen LogP contribution in [-0.2, 0) is 21.4 Å². The Balaban J connectivity index is 1.67. The molecule has 0 heterocycles. The second kappa shape index (κ2) is 10.8. The maximum Gasteiger partial charge on any atom is 0.241 e. The molecule has 7 heteroatoms.